The summed E-state index contributed by atoms with van der Waals surface area (Å²) in [6.07, 6.45) is 12.0. The van der Waals surface area contributed by atoms with Crippen LogP contribution in [0.25, 0.3) is 55.6 Å². The zero-order chi connectivity index (χ0) is 23.9. The summed E-state index contributed by atoms with van der Waals surface area (Å²) in [6.45, 7) is 3.29. The van der Waals surface area contributed by atoms with Gasteiger partial charge in [-0.05, 0) is 67.4 Å². The molecule has 0 spiro atoms. The minimum absolute atomic E-state index is 0.695. The van der Waals surface area contributed by atoms with Crippen molar-refractivity contribution in [2.75, 3.05) is 13.1 Å². The maximum absolute atomic E-state index is 4.65. The SMILES string of the molecule is c1cncc(-c2cccc3[nH]c(-c4[nH]nc5ncc(-c6cncc(CN7CCCC7)c6)cc45)cc23)c1. The van der Waals surface area contributed by atoms with E-state index in [2.05, 4.69) is 77.5 Å². The molecule has 7 nitrogen and oxygen atoms in total. The normalized spacial score (nSPS) is 14.2. The number of aromatic amines is 2. The number of hydrogen-bond acceptors (Lipinski definition) is 5. The quantitative estimate of drug-likeness (QED) is 0.331. The number of nitrogens with one attached hydrogen (secondary N) is 2. The van der Waals surface area contributed by atoms with Crippen molar-refractivity contribution in [2.24, 2.45) is 0 Å². The van der Waals surface area contributed by atoms with E-state index in [-0.39, 0.29) is 0 Å². The van der Waals surface area contributed by atoms with Crippen LogP contribution in [0.15, 0.2) is 79.5 Å². The van der Waals surface area contributed by atoms with Gasteiger partial charge in [0, 0.05) is 70.5 Å². The number of aromatic nitrogens is 6. The Balaban J connectivity index is 1.28. The summed E-state index contributed by atoms with van der Waals surface area (Å²) in [5, 5.41) is 9.81. The van der Waals surface area contributed by atoms with E-state index in [0.29, 0.717) is 5.65 Å². The number of H-pyrrole nitrogens is 2. The van der Waals surface area contributed by atoms with Gasteiger partial charge in [0.1, 0.15) is 0 Å². The first-order chi connectivity index (χ1) is 17.8. The van der Waals surface area contributed by atoms with E-state index in [1.165, 1.54) is 31.5 Å². The van der Waals surface area contributed by atoms with Gasteiger partial charge in [0.15, 0.2) is 5.65 Å². The summed E-state index contributed by atoms with van der Waals surface area (Å²) < 4.78 is 0. The Bertz CT molecular complexity index is 1680. The second-order valence-electron chi connectivity index (χ2n) is 9.45. The Labute approximate surface area is 208 Å². The van der Waals surface area contributed by atoms with Gasteiger partial charge >= 0.3 is 0 Å². The van der Waals surface area contributed by atoms with Crippen LogP contribution < -0.4 is 0 Å². The third-order valence-electron chi connectivity index (χ3n) is 7.05. The highest BCUT2D eigenvalue weighted by molar-refractivity contribution is 6.01. The van der Waals surface area contributed by atoms with E-state index in [4.69, 9.17) is 0 Å². The average molecular weight is 472 g/mol. The molecule has 1 saturated heterocycles. The molecule has 7 heteroatoms. The lowest BCUT2D eigenvalue weighted by atomic mass is 10.0. The summed E-state index contributed by atoms with van der Waals surface area (Å²) in [7, 11) is 0. The summed E-state index contributed by atoms with van der Waals surface area (Å²) in [5.41, 5.74) is 9.24. The number of rotatable bonds is 5. The highest BCUT2D eigenvalue weighted by atomic mass is 15.2. The Kier molecular flexibility index (Phi) is 5.06. The zero-order valence-corrected chi connectivity index (χ0v) is 19.8. The van der Waals surface area contributed by atoms with Gasteiger partial charge in [-0.1, -0.05) is 18.2 Å². The monoisotopic (exact) mass is 471 g/mol. The van der Waals surface area contributed by atoms with Crippen molar-refractivity contribution in [1.82, 2.24) is 35.0 Å². The molecule has 0 unspecified atom stereocenters. The van der Waals surface area contributed by atoms with E-state index in [0.717, 1.165) is 56.5 Å². The van der Waals surface area contributed by atoms with Crippen molar-refractivity contribution in [3.8, 4) is 33.6 Å². The van der Waals surface area contributed by atoms with Gasteiger partial charge < -0.3 is 4.98 Å². The van der Waals surface area contributed by atoms with Gasteiger partial charge in [-0.2, -0.15) is 5.10 Å². The lowest BCUT2D eigenvalue weighted by Gasteiger charge is -2.14. The molecule has 176 valence electrons. The Morgan fingerprint density at radius 3 is 2.58 bits per heavy atom. The second-order valence-corrected chi connectivity index (χ2v) is 9.45. The Hall–Kier alpha value is -4.36. The van der Waals surface area contributed by atoms with Crippen LogP contribution in [-0.2, 0) is 6.54 Å². The number of fused-ring (bicyclic) bond motifs is 2. The number of benzene rings is 1. The van der Waals surface area contributed by atoms with Crippen molar-refractivity contribution in [2.45, 2.75) is 19.4 Å². The summed E-state index contributed by atoms with van der Waals surface area (Å²) in [6, 6.07) is 16.9. The summed E-state index contributed by atoms with van der Waals surface area (Å²) in [5.74, 6) is 0. The molecular formula is C29H25N7. The van der Waals surface area contributed by atoms with E-state index in [1.807, 2.05) is 30.9 Å². The second kappa shape index (κ2) is 8.70. The van der Waals surface area contributed by atoms with Gasteiger partial charge in [0.25, 0.3) is 0 Å². The zero-order valence-electron chi connectivity index (χ0n) is 19.8. The van der Waals surface area contributed by atoms with E-state index >= 15 is 0 Å². The molecule has 1 aromatic carbocycles. The molecule has 0 atom stereocenters. The summed E-state index contributed by atoms with van der Waals surface area (Å²) in [4.78, 5) is 19.5. The molecule has 5 aromatic heterocycles. The van der Waals surface area contributed by atoms with Crippen molar-refractivity contribution in [3.05, 3.63) is 85.1 Å². The van der Waals surface area contributed by atoms with E-state index in [9.17, 15) is 0 Å². The first kappa shape index (κ1) is 21.0. The Morgan fingerprint density at radius 1 is 0.806 bits per heavy atom. The largest absolute Gasteiger partial charge is 0.353 e. The first-order valence-corrected chi connectivity index (χ1v) is 12.4. The third-order valence-corrected chi connectivity index (χ3v) is 7.05. The van der Waals surface area contributed by atoms with Crippen molar-refractivity contribution >= 4 is 21.9 Å². The molecule has 0 bridgehead atoms. The summed E-state index contributed by atoms with van der Waals surface area (Å²) >= 11 is 0. The van der Waals surface area contributed by atoms with Gasteiger partial charge in [0.05, 0.1) is 11.4 Å². The molecule has 36 heavy (non-hydrogen) atoms. The van der Waals surface area contributed by atoms with Gasteiger partial charge in [-0.15, -0.1) is 0 Å². The maximum atomic E-state index is 4.65. The Morgan fingerprint density at radius 2 is 1.69 bits per heavy atom. The number of hydrogen-bond donors (Lipinski definition) is 2. The van der Waals surface area contributed by atoms with Crippen molar-refractivity contribution in [1.29, 1.82) is 0 Å². The van der Waals surface area contributed by atoms with E-state index in [1.54, 1.807) is 6.20 Å². The molecule has 0 aliphatic carbocycles. The number of pyridine rings is 3. The van der Waals surface area contributed by atoms with Crippen molar-refractivity contribution in [3.63, 3.8) is 0 Å². The lowest BCUT2D eigenvalue weighted by molar-refractivity contribution is 0.331. The average Bonchev–Trinajstić information content (AvgIpc) is 3.68. The van der Waals surface area contributed by atoms with Crippen LogP contribution in [0.5, 0.6) is 0 Å². The van der Waals surface area contributed by atoms with Gasteiger partial charge in [-0.3, -0.25) is 20.0 Å². The van der Waals surface area contributed by atoms with Crippen molar-refractivity contribution < 1.29 is 0 Å². The highest BCUT2D eigenvalue weighted by Gasteiger charge is 2.16. The van der Waals surface area contributed by atoms with Crippen LogP contribution in [0.4, 0.5) is 0 Å². The van der Waals surface area contributed by atoms with Gasteiger partial charge in [-0.25, -0.2) is 4.98 Å². The minimum atomic E-state index is 0.695. The predicted octanol–water partition coefficient (Wildman–Crippen LogP) is 5.83. The topological polar surface area (TPSA) is 86.4 Å². The van der Waals surface area contributed by atoms with Crippen LogP contribution in [0.2, 0.25) is 0 Å². The predicted molar refractivity (Wildman–Crippen MR) is 142 cm³/mol. The van der Waals surface area contributed by atoms with Crippen LogP contribution in [0.3, 0.4) is 0 Å². The molecular weight excluding hydrogens is 446 g/mol. The first-order valence-electron chi connectivity index (χ1n) is 12.4. The molecule has 1 fully saturated rings. The molecule has 0 saturated carbocycles. The van der Waals surface area contributed by atoms with Crippen LogP contribution in [0.1, 0.15) is 18.4 Å². The molecule has 1 aliphatic heterocycles. The maximum Gasteiger partial charge on any atom is 0.181 e. The standard InChI is InChI=1S/C29H25N7/c1-2-10-36(9-1)18-19-11-21(16-31-14-19)22-12-25-28(34-35-29(25)32-17-22)27-13-24-23(6-3-7-26(24)33-27)20-5-4-8-30-15-20/h3-8,11-17,33H,1-2,9-10,18H2,(H,32,34,35). The lowest BCUT2D eigenvalue weighted by Crippen LogP contribution is -2.18. The fraction of sp³-hybridized carbons (Fsp3) is 0.172. The number of likely N-dealkylation sites (tertiary alicyclic amines) is 1. The van der Waals surface area contributed by atoms with E-state index < -0.39 is 0 Å². The smallest absolute Gasteiger partial charge is 0.181 e. The third kappa shape index (κ3) is 3.74. The van der Waals surface area contributed by atoms with Crippen LogP contribution in [0, 0.1) is 0 Å². The molecule has 6 heterocycles. The number of nitrogens with zero attached hydrogens (tertiary/aromatic N) is 5. The fourth-order valence-corrected chi connectivity index (χ4v) is 5.26. The minimum Gasteiger partial charge on any atom is -0.353 e. The molecule has 7 rings (SSSR count). The van der Waals surface area contributed by atoms with Crippen LogP contribution >= 0.6 is 0 Å². The molecule has 0 amide bonds. The van der Waals surface area contributed by atoms with Gasteiger partial charge in [0.2, 0.25) is 0 Å². The highest BCUT2D eigenvalue weighted by Crippen LogP contribution is 2.34. The molecule has 1 aliphatic rings. The fourth-order valence-electron chi connectivity index (χ4n) is 5.26. The molecule has 0 radical (unpaired) electrons. The molecule has 2 N–H and O–H groups in total. The molecule has 6 aromatic rings. The van der Waals surface area contributed by atoms with Crippen LogP contribution in [-0.4, -0.2) is 48.1 Å².